The van der Waals surface area contributed by atoms with Gasteiger partial charge in [0.1, 0.15) is 0 Å². The predicted molar refractivity (Wildman–Crippen MR) is 71.5 cm³/mol. The number of carbonyl (C=O) groups excluding carboxylic acids is 1. The second-order valence-electron chi connectivity index (χ2n) is 6.11. The summed E-state index contributed by atoms with van der Waals surface area (Å²) in [4.78, 5) is 25.9. The number of carboxylic acid groups (broad SMARTS) is 1. The Kier molecular flexibility index (Phi) is 3.85. The third kappa shape index (κ3) is 2.24. The molecule has 0 bridgehead atoms. The minimum atomic E-state index is -0.775. The summed E-state index contributed by atoms with van der Waals surface area (Å²) in [5.41, 5.74) is 4.62. The summed E-state index contributed by atoms with van der Waals surface area (Å²) in [7, 11) is 0. The fraction of sp³-hybridized carbons (Fsp3) is 0.857. The Hall–Kier alpha value is -1.10. The molecule has 19 heavy (non-hydrogen) atoms. The number of hydrogen-bond donors (Lipinski definition) is 2. The molecule has 1 aliphatic heterocycles. The molecule has 0 aromatic rings. The van der Waals surface area contributed by atoms with Crippen molar-refractivity contribution in [2.45, 2.75) is 45.4 Å². The fourth-order valence-corrected chi connectivity index (χ4v) is 3.36. The number of aliphatic carboxylic acids is 1. The van der Waals surface area contributed by atoms with Gasteiger partial charge in [-0.25, -0.2) is 0 Å². The van der Waals surface area contributed by atoms with Crippen LogP contribution in [0.15, 0.2) is 0 Å². The van der Waals surface area contributed by atoms with Crippen LogP contribution in [0.1, 0.15) is 45.4 Å². The average molecular weight is 268 g/mol. The van der Waals surface area contributed by atoms with Crippen LogP contribution in [-0.2, 0) is 9.59 Å². The van der Waals surface area contributed by atoms with Crippen molar-refractivity contribution < 1.29 is 14.7 Å². The van der Waals surface area contributed by atoms with Gasteiger partial charge >= 0.3 is 5.97 Å². The Balaban J connectivity index is 2.13. The monoisotopic (exact) mass is 268 g/mol. The third-order valence-corrected chi connectivity index (χ3v) is 5.15. The minimum Gasteiger partial charge on any atom is -0.481 e. The van der Waals surface area contributed by atoms with Crippen molar-refractivity contribution in [3.8, 4) is 0 Å². The highest BCUT2D eigenvalue weighted by atomic mass is 16.4. The van der Waals surface area contributed by atoms with Crippen LogP contribution in [0.4, 0.5) is 0 Å². The molecule has 3 N–H and O–H groups in total. The summed E-state index contributed by atoms with van der Waals surface area (Å²) in [6, 6.07) is 0. The van der Waals surface area contributed by atoms with Crippen LogP contribution < -0.4 is 5.73 Å². The molecular weight excluding hydrogens is 244 g/mol. The normalized spacial score (nSPS) is 29.7. The first kappa shape index (κ1) is 14.3. The summed E-state index contributed by atoms with van der Waals surface area (Å²) in [5.74, 6) is -0.692. The van der Waals surface area contributed by atoms with E-state index < -0.39 is 16.8 Å². The van der Waals surface area contributed by atoms with Gasteiger partial charge < -0.3 is 15.7 Å². The SMILES string of the molecule is CCC1(C(=O)O)CCCN(C(=O)C2(CN)CCC2)C1. The smallest absolute Gasteiger partial charge is 0.311 e. The zero-order chi connectivity index (χ0) is 14.1. The minimum absolute atomic E-state index is 0.0834. The van der Waals surface area contributed by atoms with E-state index in [1.54, 1.807) is 4.90 Å². The Labute approximate surface area is 114 Å². The fourth-order valence-electron chi connectivity index (χ4n) is 3.36. The quantitative estimate of drug-likeness (QED) is 0.803. The van der Waals surface area contributed by atoms with Crippen LogP contribution >= 0.6 is 0 Å². The lowest BCUT2D eigenvalue weighted by molar-refractivity contribution is -0.160. The van der Waals surface area contributed by atoms with Crippen molar-refractivity contribution in [1.29, 1.82) is 0 Å². The Morgan fingerprint density at radius 2 is 1.84 bits per heavy atom. The molecular formula is C14H24N2O3. The highest BCUT2D eigenvalue weighted by molar-refractivity contribution is 5.85. The number of likely N-dealkylation sites (tertiary alicyclic amines) is 1. The highest BCUT2D eigenvalue weighted by Crippen LogP contribution is 2.43. The molecule has 1 saturated carbocycles. The van der Waals surface area contributed by atoms with Crippen molar-refractivity contribution in [1.82, 2.24) is 4.90 Å². The first-order valence-corrected chi connectivity index (χ1v) is 7.22. The molecule has 5 nitrogen and oxygen atoms in total. The van der Waals surface area contributed by atoms with E-state index in [1.165, 1.54) is 0 Å². The third-order valence-electron chi connectivity index (χ3n) is 5.15. The Bertz CT molecular complexity index is 373. The van der Waals surface area contributed by atoms with E-state index in [-0.39, 0.29) is 5.91 Å². The van der Waals surface area contributed by atoms with Crippen LogP contribution in [0.3, 0.4) is 0 Å². The summed E-state index contributed by atoms with van der Waals surface area (Å²) < 4.78 is 0. The largest absolute Gasteiger partial charge is 0.481 e. The second kappa shape index (κ2) is 5.12. The summed E-state index contributed by atoms with van der Waals surface area (Å²) >= 11 is 0. The van der Waals surface area contributed by atoms with Gasteiger partial charge in [-0.15, -0.1) is 0 Å². The first-order chi connectivity index (χ1) is 8.99. The molecule has 2 rings (SSSR count). The van der Waals surface area contributed by atoms with E-state index in [9.17, 15) is 14.7 Å². The average Bonchev–Trinajstić information content (AvgIpc) is 2.37. The number of amides is 1. The predicted octanol–water partition coefficient (Wildman–Crippen LogP) is 1.22. The van der Waals surface area contributed by atoms with Gasteiger partial charge in [0, 0.05) is 19.6 Å². The van der Waals surface area contributed by atoms with Gasteiger partial charge in [-0.2, -0.15) is 0 Å². The molecule has 1 saturated heterocycles. The molecule has 1 aliphatic carbocycles. The lowest BCUT2D eigenvalue weighted by atomic mass is 9.67. The van der Waals surface area contributed by atoms with Crippen LogP contribution in [0.2, 0.25) is 0 Å². The van der Waals surface area contributed by atoms with Crippen molar-refractivity contribution in [2.24, 2.45) is 16.6 Å². The summed E-state index contributed by atoms with van der Waals surface area (Å²) in [5, 5.41) is 9.46. The molecule has 108 valence electrons. The maximum atomic E-state index is 12.6. The van der Waals surface area contributed by atoms with E-state index >= 15 is 0 Å². The number of piperidine rings is 1. The van der Waals surface area contributed by atoms with E-state index in [0.29, 0.717) is 32.5 Å². The van der Waals surface area contributed by atoms with E-state index in [4.69, 9.17) is 5.73 Å². The van der Waals surface area contributed by atoms with Crippen LogP contribution in [-0.4, -0.2) is 41.5 Å². The zero-order valence-corrected chi connectivity index (χ0v) is 11.7. The van der Waals surface area contributed by atoms with Gasteiger partial charge in [0.15, 0.2) is 0 Å². The lowest BCUT2D eigenvalue weighted by Gasteiger charge is -2.47. The molecule has 0 radical (unpaired) electrons. The number of nitrogens with zero attached hydrogens (tertiary/aromatic N) is 1. The van der Waals surface area contributed by atoms with Crippen molar-refractivity contribution in [2.75, 3.05) is 19.6 Å². The van der Waals surface area contributed by atoms with Gasteiger partial charge in [0.2, 0.25) is 5.91 Å². The molecule has 1 amide bonds. The van der Waals surface area contributed by atoms with Gasteiger partial charge in [-0.3, -0.25) is 9.59 Å². The number of carboxylic acids is 1. The molecule has 2 fully saturated rings. The van der Waals surface area contributed by atoms with Gasteiger partial charge in [0.25, 0.3) is 0 Å². The number of hydrogen-bond acceptors (Lipinski definition) is 3. The number of nitrogens with two attached hydrogens (primary N) is 1. The zero-order valence-electron chi connectivity index (χ0n) is 11.7. The molecule has 5 heteroatoms. The van der Waals surface area contributed by atoms with Crippen molar-refractivity contribution in [3.05, 3.63) is 0 Å². The van der Waals surface area contributed by atoms with Crippen LogP contribution in [0.5, 0.6) is 0 Å². The Morgan fingerprint density at radius 1 is 1.21 bits per heavy atom. The van der Waals surface area contributed by atoms with Crippen LogP contribution in [0.25, 0.3) is 0 Å². The molecule has 0 aromatic heterocycles. The molecule has 1 heterocycles. The first-order valence-electron chi connectivity index (χ1n) is 7.22. The standard InChI is InChI=1S/C14H24N2O3/c1-2-13(12(18)19)7-4-8-16(10-13)11(17)14(9-15)5-3-6-14/h2-10,15H2,1H3,(H,18,19). The van der Waals surface area contributed by atoms with Gasteiger partial charge in [0.05, 0.1) is 10.8 Å². The molecule has 1 unspecified atom stereocenters. The van der Waals surface area contributed by atoms with Gasteiger partial charge in [-0.05, 0) is 32.1 Å². The van der Waals surface area contributed by atoms with Gasteiger partial charge in [-0.1, -0.05) is 13.3 Å². The molecule has 1 atom stereocenters. The van der Waals surface area contributed by atoms with Crippen LogP contribution in [0, 0.1) is 10.8 Å². The number of rotatable bonds is 4. The topological polar surface area (TPSA) is 83.6 Å². The van der Waals surface area contributed by atoms with E-state index in [2.05, 4.69) is 0 Å². The Morgan fingerprint density at radius 3 is 2.26 bits per heavy atom. The molecule has 2 aliphatic rings. The molecule has 0 aromatic carbocycles. The highest BCUT2D eigenvalue weighted by Gasteiger charge is 2.49. The van der Waals surface area contributed by atoms with E-state index in [1.807, 2.05) is 6.92 Å². The summed E-state index contributed by atoms with van der Waals surface area (Å²) in [6.45, 7) is 3.30. The maximum absolute atomic E-state index is 12.6. The lowest BCUT2D eigenvalue weighted by Crippen LogP contribution is -2.57. The second-order valence-corrected chi connectivity index (χ2v) is 6.11. The van der Waals surface area contributed by atoms with E-state index in [0.717, 1.165) is 25.7 Å². The van der Waals surface area contributed by atoms with Crippen molar-refractivity contribution in [3.63, 3.8) is 0 Å². The maximum Gasteiger partial charge on any atom is 0.311 e. The van der Waals surface area contributed by atoms with Crippen molar-refractivity contribution >= 4 is 11.9 Å². The molecule has 0 spiro atoms. The number of carbonyl (C=O) groups is 2. The summed E-state index contributed by atoms with van der Waals surface area (Å²) in [6.07, 6.45) is 4.76.